The summed E-state index contributed by atoms with van der Waals surface area (Å²) in [6, 6.07) is 8.91. The van der Waals surface area contributed by atoms with Gasteiger partial charge >= 0.3 is 0 Å². The summed E-state index contributed by atoms with van der Waals surface area (Å²) >= 11 is 0. The van der Waals surface area contributed by atoms with Gasteiger partial charge in [-0.2, -0.15) is 5.26 Å². The number of amides is 2. The van der Waals surface area contributed by atoms with Crippen molar-refractivity contribution >= 4 is 23.2 Å². The molecule has 28 heavy (non-hydrogen) atoms. The minimum atomic E-state index is -0.403. The van der Waals surface area contributed by atoms with E-state index in [1.165, 1.54) is 0 Å². The lowest BCUT2D eigenvalue weighted by atomic mass is 9.99. The first kappa shape index (κ1) is 19.4. The van der Waals surface area contributed by atoms with E-state index in [-0.39, 0.29) is 29.7 Å². The molecule has 0 saturated heterocycles. The Morgan fingerprint density at radius 1 is 1.14 bits per heavy atom. The fraction of sp³-hybridized carbons (Fsp3) is 0.333. The van der Waals surface area contributed by atoms with E-state index < -0.39 is 5.56 Å². The normalized spacial score (nSPS) is 12.9. The Morgan fingerprint density at radius 3 is 2.32 bits per heavy atom. The van der Waals surface area contributed by atoms with Crippen LogP contribution in [0.3, 0.4) is 0 Å². The van der Waals surface area contributed by atoms with Gasteiger partial charge in [0.15, 0.2) is 0 Å². The number of carbonyl (C=O) groups is 2. The van der Waals surface area contributed by atoms with Crippen molar-refractivity contribution in [2.45, 2.75) is 39.5 Å². The van der Waals surface area contributed by atoms with E-state index in [9.17, 15) is 14.4 Å². The summed E-state index contributed by atoms with van der Waals surface area (Å²) in [5.74, 6) is 0.0132. The van der Waals surface area contributed by atoms with E-state index >= 15 is 0 Å². The maximum Gasteiger partial charge on any atom is 0.266 e. The van der Waals surface area contributed by atoms with Crippen LogP contribution in [0, 0.1) is 31.1 Å². The van der Waals surface area contributed by atoms with Crippen molar-refractivity contribution in [3.8, 4) is 6.07 Å². The number of carbonyl (C=O) groups excluding carboxylic acids is 2. The number of rotatable bonds is 6. The molecule has 1 aliphatic rings. The highest BCUT2D eigenvalue weighted by Crippen LogP contribution is 2.30. The lowest BCUT2D eigenvalue weighted by Gasteiger charge is -2.11. The molecule has 3 N–H and O–H groups in total. The Bertz CT molecular complexity index is 1010. The van der Waals surface area contributed by atoms with Crippen molar-refractivity contribution in [3.05, 3.63) is 57.0 Å². The third kappa shape index (κ3) is 4.46. The summed E-state index contributed by atoms with van der Waals surface area (Å²) in [4.78, 5) is 38.5. The third-order valence-corrected chi connectivity index (χ3v) is 4.91. The highest BCUT2D eigenvalue weighted by atomic mass is 16.2. The maximum absolute atomic E-state index is 12.3. The lowest BCUT2D eigenvalue weighted by Crippen LogP contribution is -2.18. The van der Waals surface area contributed by atoms with Crippen LogP contribution < -0.4 is 16.2 Å². The lowest BCUT2D eigenvalue weighted by molar-refractivity contribution is -0.117. The van der Waals surface area contributed by atoms with Crippen LogP contribution in [0.1, 0.15) is 41.6 Å². The number of aromatic nitrogens is 1. The van der Waals surface area contributed by atoms with Crippen LogP contribution in [0.5, 0.6) is 0 Å². The Labute approximate surface area is 162 Å². The van der Waals surface area contributed by atoms with Crippen molar-refractivity contribution in [1.82, 2.24) is 4.98 Å². The number of H-pyrrole nitrogens is 1. The summed E-state index contributed by atoms with van der Waals surface area (Å²) in [5.41, 5.74) is 3.13. The van der Waals surface area contributed by atoms with Gasteiger partial charge in [-0.1, -0.05) is 0 Å². The van der Waals surface area contributed by atoms with Crippen LogP contribution in [-0.2, 0) is 16.0 Å². The van der Waals surface area contributed by atoms with E-state index in [4.69, 9.17) is 5.26 Å². The zero-order chi connectivity index (χ0) is 20.3. The standard InChI is InChI=1S/C21H22N4O3/c1-12-17(13(2)23-21(28)18(12)11-22)9-10-19(26)24-15-5-7-16(8-6-15)25-20(27)14-3-4-14/h5-8,14H,3-4,9-10H2,1-2H3,(H,23,28)(H,24,26)(H,25,27). The number of aromatic amines is 1. The third-order valence-electron chi connectivity index (χ3n) is 4.91. The topological polar surface area (TPSA) is 115 Å². The van der Waals surface area contributed by atoms with E-state index in [1.807, 2.05) is 6.07 Å². The maximum atomic E-state index is 12.3. The molecular weight excluding hydrogens is 356 g/mol. The molecule has 3 rings (SSSR count). The number of anilines is 2. The average Bonchev–Trinajstić information content (AvgIpc) is 3.48. The number of nitrogens with zero attached hydrogens (tertiary/aromatic N) is 1. The van der Waals surface area contributed by atoms with Gasteiger partial charge in [0.1, 0.15) is 11.6 Å². The smallest absolute Gasteiger partial charge is 0.266 e. The average molecular weight is 378 g/mol. The number of hydrogen-bond donors (Lipinski definition) is 3. The second-order valence-electron chi connectivity index (χ2n) is 7.06. The van der Waals surface area contributed by atoms with Gasteiger partial charge in [-0.05, 0) is 68.5 Å². The van der Waals surface area contributed by atoms with Crippen molar-refractivity contribution in [2.75, 3.05) is 10.6 Å². The second kappa shape index (κ2) is 8.09. The van der Waals surface area contributed by atoms with Gasteiger partial charge in [0.25, 0.3) is 5.56 Å². The van der Waals surface area contributed by atoms with Crippen LogP contribution in [0.15, 0.2) is 29.1 Å². The Hall–Kier alpha value is -3.40. The fourth-order valence-electron chi connectivity index (χ4n) is 3.11. The second-order valence-corrected chi connectivity index (χ2v) is 7.06. The molecule has 0 radical (unpaired) electrons. The van der Waals surface area contributed by atoms with Crippen LogP contribution in [-0.4, -0.2) is 16.8 Å². The van der Waals surface area contributed by atoms with E-state index in [0.29, 0.717) is 29.1 Å². The molecule has 144 valence electrons. The molecule has 0 bridgehead atoms. The molecular formula is C21H22N4O3. The predicted molar refractivity (Wildman–Crippen MR) is 106 cm³/mol. The van der Waals surface area contributed by atoms with Crippen molar-refractivity contribution in [1.29, 1.82) is 5.26 Å². The number of nitrogens with one attached hydrogen (secondary N) is 3. The quantitative estimate of drug-likeness (QED) is 0.717. The minimum Gasteiger partial charge on any atom is -0.326 e. The van der Waals surface area contributed by atoms with E-state index in [1.54, 1.807) is 38.1 Å². The number of nitriles is 1. The predicted octanol–water partition coefficient (Wildman–Crippen LogP) is 2.78. The number of pyridine rings is 1. The zero-order valence-electron chi connectivity index (χ0n) is 15.9. The SMILES string of the molecule is Cc1[nH]c(=O)c(C#N)c(C)c1CCC(=O)Nc1ccc(NC(=O)C2CC2)cc1. The number of benzene rings is 1. The molecule has 1 heterocycles. The molecule has 1 aliphatic carbocycles. The molecule has 2 aromatic rings. The van der Waals surface area contributed by atoms with E-state index in [0.717, 1.165) is 18.4 Å². The van der Waals surface area contributed by atoms with Gasteiger partial charge in [0.05, 0.1) is 0 Å². The van der Waals surface area contributed by atoms with Gasteiger partial charge < -0.3 is 15.6 Å². The molecule has 7 nitrogen and oxygen atoms in total. The largest absolute Gasteiger partial charge is 0.326 e. The Balaban J connectivity index is 1.58. The molecule has 0 spiro atoms. The zero-order valence-corrected chi connectivity index (χ0v) is 15.9. The fourth-order valence-corrected chi connectivity index (χ4v) is 3.11. The molecule has 1 aromatic heterocycles. The van der Waals surface area contributed by atoms with Gasteiger partial charge in [0.2, 0.25) is 11.8 Å². The molecule has 0 unspecified atom stereocenters. The summed E-state index contributed by atoms with van der Waals surface area (Å²) in [5, 5.41) is 14.8. The van der Waals surface area contributed by atoms with Crippen LogP contribution >= 0.6 is 0 Å². The van der Waals surface area contributed by atoms with Crippen molar-refractivity contribution < 1.29 is 9.59 Å². The Morgan fingerprint density at radius 2 is 1.75 bits per heavy atom. The van der Waals surface area contributed by atoms with Gasteiger partial charge in [-0.3, -0.25) is 14.4 Å². The highest BCUT2D eigenvalue weighted by Gasteiger charge is 2.29. The molecule has 1 fully saturated rings. The summed E-state index contributed by atoms with van der Waals surface area (Å²) in [7, 11) is 0. The first-order chi connectivity index (χ1) is 13.4. The van der Waals surface area contributed by atoms with Crippen molar-refractivity contribution in [3.63, 3.8) is 0 Å². The number of aryl methyl sites for hydroxylation is 1. The molecule has 0 aliphatic heterocycles. The molecule has 0 atom stereocenters. The molecule has 7 heteroatoms. The van der Waals surface area contributed by atoms with Gasteiger partial charge in [-0.15, -0.1) is 0 Å². The van der Waals surface area contributed by atoms with Crippen LogP contribution in [0.2, 0.25) is 0 Å². The highest BCUT2D eigenvalue weighted by molar-refractivity contribution is 5.95. The molecule has 1 aromatic carbocycles. The van der Waals surface area contributed by atoms with Crippen LogP contribution in [0.4, 0.5) is 11.4 Å². The molecule has 2 amide bonds. The van der Waals surface area contributed by atoms with E-state index in [2.05, 4.69) is 15.6 Å². The van der Waals surface area contributed by atoms with Crippen molar-refractivity contribution in [2.24, 2.45) is 5.92 Å². The number of hydrogen-bond acceptors (Lipinski definition) is 4. The van der Waals surface area contributed by atoms with Gasteiger partial charge in [0, 0.05) is 29.4 Å². The van der Waals surface area contributed by atoms with Crippen LogP contribution in [0.25, 0.3) is 0 Å². The first-order valence-corrected chi connectivity index (χ1v) is 9.22. The van der Waals surface area contributed by atoms with Gasteiger partial charge in [-0.25, -0.2) is 0 Å². The molecule has 1 saturated carbocycles. The summed E-state index contributed by atoms with van der Waals surface area (Å²) in [6.07, 6.45) is 2.54. The summed E-state index contributed by atoms with van der Waals surface area (Å²) < 4.78 is 0. The summed E-state index contributed by atoms with van der Waals surface area (Å²) in [6.45, 7) is 3.49. The minimum absolute atomic E-state index is 0.0418. The first-order valence-electron chi connectivity index (χ1n) is 9.22. The monoisotopic (exact) mass is 378 g/mol. The Kier molecular flexibility index (Phi) is 5.59.